The molecule has 2 N–H and O–H groups in total. The average Bonchev–Trinajstić information content (AvgIpc) is 3.16. The number of hydrogen-bond donors (Lipinski definition) is 2. The molecule has 2 aliphatic heterocycles. The second-order valence-electron chi connectivity index (χ2n) is 6.42. The minimum atomic E-state index is 0.00577. The van der Waals surface area contributed by atoms with Crippen LogP contribution in [0.1, 0.15) is 32.1 Å². The van der Waals surface area contributed by atoms with Crippen molar-refractivity contribution in [3.8, 4) is 0 Å². The fourth-order valence-corrected chi connectivity index (χ4v) is 3.23. The maximum Gasteiger partial charge on any atom is 0.239 e. The molecular weight excluding hydrogens is 242 g/mol. The first-order chi connectivity index (χ1) is 9.17. The lowest BCUT2D eigenvalue weighted by molar-refractivity contribution is -0.133. The minimum Gasteiger partial charge on any atom is -0.354 e. The highest BCUT2D eigenvalue weighted by Crippen LogP contribution is 2.39. The van der Waals surface area contributed by atoms with Gasteiger partial charge in [0.2, 0.25) is 11.8 Å². The van der Waals surface area contributed by atoms with Gasteiger partial charge in [-0.05, 0) is 50.1 Å². The van der Waals surface area contributed by atoms with E-state index < -0.39 is 0 Å². The number of nitrogens with zero attached hydrogens (tertiary/aromatic N) is 1. The van der Waals surface area contributed by atoms with E-state index >= 15 is 0 Å². The van der Waals surface area contributed by atoms with Gasteiger partial charge in [-0.15, -0.1) is 0 Å². The Morgan fingerprint density at radius 3 is 2.79 bits per heavy atom. The van der Waals surface area contributed by atoms with Crippen LogP contribution in [0.3, 0.4) is 0 Å². The molecule has 0 radical (unpaired) electrons. The fraction of sp³-hybridized carbons (Fsp3) is 0.857. The number of amides is 2. The first kappa shape index (κ1) is 12.9. The van der Waals surface area contributed by atoms with Crippen molar-refractivity contribution < 1.29 is 9.59 Å². The van der Waals surface area contributed by atoms with E-state index in [1.807, 2.05) is 0 Å². The fourth-order valence-electron chi connectivity index (χ4n) is 3.23. The summed E-state index contributed by atoms with van der Waals surface area (Å²) >= 11 is 0. The maximum atomic E-state index is 12.1. The Morgan fingerprint density at radius 1 is 1.37 bits per heavy atom. The van der Waals surface area contributed by atoms with Crippen LogP contribution < -0.4 is 10.6 Å². The third-order valence-electron chi connectivity index (χ3n) is 4.69. The SMILES string of the molecule is O=C(CN1CC2(CCNCC2)CC1=O)NCC1CC1. The van der Waals surface area contributed by atoms with Gasteiger partial charge in [-0.2, -0.15) is 0 Å². The van der Waals surface area contributed by atoms with Crippen molar-refractivity contribution in [2.24, 2.45) is 11.3 Å². The number of nitrogens with one attached hydrogen (secondary N) is 2. The van der Waals surface area contributed by atoms with E-state index in [9.17, 15) is 9.59 Å². The van der Waals surface area contributed by atoms with Crippen LogP contribution in [0.15, 0.2) is 0 Å². The van der Waals surface area contributed by atoms with Crippen molar-refractivity contribution in [1.29, 1.82) is 0 Å². The predicted molar refractivity (Wildman–Crippen MR) is 71.5 cm³/mol. The minimum absolute atomic E-state index is 0.00577. The number of piperidine rings is 1. The molecule has 3 rings (SSSR count). The van der Waals surface area contributed by atoms with Gasteiger partial charge in [-0.1, -0.05) is 0 Å². The molecule has 3 fully saturated rings. The van der Waals surface area contributed by atoms with Gasteiger partial charge >= 0.3 is 0 Å². The summed E-state index contributed by atoms with van der Waals surface area (Å²) in [5.74, 6) is 0.851. The molecule has 0 aromatic rings. The zero-order chi connectivity index (χ0) is 13.3. The monoisotopic (exact) mass is 265 g/mol. The lowest BCUT2D eigenvalue weighted by Gasteiger charge is -2.32. The van der Waals surface area contributed by atoms with Crippen LogP contribution in [-0.2, 0) is 9.59 Å². The van der Waals surface area contributed by atoms with Gasteiger partial charge in [0.05, 0.1) is 6.54 Å². The summed E-state index contributed by atoms with van der Waals surface area (Å²) in [6.45, 7) is 3.80. The Bertz CT molecular complexity index is 373. The third-order valence-corrected chi connectivity index (χ3v) is 4.69. The molecule has 0 unspecified atom stereocenters. The van der Waals surface area contributed by atoms with Crippen molar-refractivity contribution in [3.05, 3.63) is 0 Å². The molecule has 0 bridgehead atoms. The van der Waals surface area contributed by atoms with E-state index in [-0.39, 0.29) is 23.8 Å². The van der Waals surface area contributed by atoms with Crippen LogP contribution in [0.4, 0.5) is 0 Å². The van der Waals surface area contributed by atoms with Crippen molar-refractivity contribution in [2.75, 3.05) is 32.7 Å². The zero-order valence-electron chi connectivity index (χ0n) is 11.4. The molecule has 5 nitrogen and oxygen atoms in total. The van der Waals surface area contributed by atoms with Gasteiger partial charge in [-0.25, -0.2) is 0 Å². The summed E-state index contributed by atoms with van der Waals surface area (Å²) in [7, 11) is 0. The first-order valence-electron chi connectivity index (χ1n) is 7.42. The van der Waals surface area contributed by atoms with Gasteiger partial charge in [-0.3, -0.25) is 9.59 Å². The molecule has 2 amide bonds. The molecule has 1 saturated carbocycles. The van der Waals surface area contributed by atoms with Gasteiger partial charge in [0, 0.05) is 19.5 Å². The second-order valence-corrected chi connectivity index (χ2v) is 6.42. The van der Waals surface area contributed by atoms with Gasteiger partial charge in [0.1, 0.15) is 0 Å². The Kier molecular flexibility index (Phi) is 3.48. The molecule has 1 aliphatic carbocycles. The van der Waals surface area contributed by atoms with E-state index in [0.29, 0.717) is 12.3 Å². The summed E-state index contributed by atoms with van der Waals surface area (Å²) < 4.78 is 0. The lowest BCUT2D eigenvalue weighted by atomic mass is 9.78. The van der Waals surface area contributed by atoms with Crippen LogP contribution in [0, 0.1) is 11.3 Å². The topological polar surface area (TPSA) is 61.4 Å². The van der Waals surface area contributed by atoms with Crippen LogP contribution in [0.2, 0.25) is 0 Å². The largest absolute Gasteiger partial charge is 0.354 e. The average molecular weight is 265 g/mol. The molecule has 106 valence electrons. The molecule has 0 aromatic carbocycles. The summed E-state index contributed by atoms with van der Waals surface area (Å²) in [5, 5.41) is 6.28. The molecule has 5 heteroatoms. The normalized spacial score (nSPS) is 25.9. The third kappa shape index (κ3) is 3.08. The lowest BCUT2D eigenvalue weighted by Crippen LogP contribution is -2.41. The quantitative estimate of drug-likeness (QED) is 0.759. The van der Waals surface area contributed by atoms with Crippen molar-refractivity contribution in [1.82, 2.24) is 15.5 Å². The zero-order valence-corrected chi connectivity index (χ0v) is 11.4. The van der Waals surface area contributed by atoms with Crippen LogP contribution in [-0.4, -0.2) is 49.4 Å². The molecule has 2 heterocycles. The predicted octanol–water partition coefficient (Wildman–Crippen LogP) is 0.115. The molecule has 3 aliphatic rings. The van der Waals surface area contributed by atoms with E-state index in [0.717, 1.165) is 39.0 Å². The Labute approximate surface area is 114 Å². The number of likely N-dealkylation sites (tertiary alicyclic amines) is 1. The van der Waals surface area contributed by atoms with Gasteiger partial charge < -0.3 is 15.5 Å². The highest BCUT2D eigenvalue weighted by atomic mass is 16.2. The number of hydrogen-bond acceptors (Lipinski definition) is 3. The van der Waals surface area contributed by atoms with E-state index in [1.165, 1.54) is 12.8 Å². The van der Waals surface area contributed by atoms with Crippen LogP contribution >= 0.6 is 0 Å². The number of carbonyl (C=O) groups excluding carboxylic acids is 2. The molecule has 0 atom stereocenters. The highest BCUT2D eigenvalue weighted by molar-refractivity contribution is 5.86. The Balaban J connectivity index is 1.50. The van der Waals surface area contributed by atoms with Crippen molar-refractivity contribution >= 4 is 11.8 Å². The van der Waals surface area contributed by atoms with Gasteiger partial charge in [0.15, 0.2) is 0 Å². The van der Waals surface area contributed by atoms with Crippen LogP contribution in [0.5, 0.6) is 0 Å². The smallest absolute Gasteiger partial charge is 0.239 e. The summed E-state index contributed by atoms with van der Waals surface area (Å²) in [4.78, 5) is 25.6. The van der Waals surface area contributed by atoms with Gasteiger partial charge in [0.25, 0.3) is 0 Å². The second kappa shape index (κ2) is 5.12. The van der Waals surface area contributed by atoms with E-state index in [1.54, 1.807) is 4.90 Å². The molecular formula is C14H23N3O2. The Morgan fingerprint density at radius 2 is 2.11 bits per heavy atom. The summed E-state index contributed by atoms with van der Waals surface area (Å²) in [6, 6.07) is 0. The maximum absolute atomic E-state index is 12.1. The molecule has 2 saturated heterocycles. The molecule has 19 heavy (non-hydrogen) atoms. The van der Waals surface area contributed by atoms with Crippen molar-refractivity contribution in [3.63, 3.8) is 0 Å². The summed E-state index contributed by atoms with van der Waals surface area (Å²) in [6.07, 6.45) is 5.21. The number of carbonyl (C=O) groups is 2. The van der Waals surface area contributed by atoms with Crippen molar-refractivity contribution in [2.45, 2.75) is 32.1 Å². The highest BCUT2D eigenvalue weighted by Gasteiger charge is 2.43. The van der Waals surface area contributed by atoms with E-state index in [2.05, 4.69) is 10.6 Å². The number of rotatable bonds is 4. The van der Waals surface area contributed by atoms with E-state index in [4.69, 9.17) is 0 Å². The first-order valence-corrected chi connectivity index (χ1v) is 7.42. The standard InChI is InChI=1S/C14H23N3O2/c18-12(16-8-11-1-2-11)9-17-10-14(7-13(17)19)3-5-15-6-4-14/h11,15H,1-10H2,(H,16,18). The Hall–Kier alpha value is -1.10. The van der Waals surface area contributed by atoms with Crippen LogP contribution in [0.25, 0.3) is 0 Å². The summed E-state index contributed by atoms with van der Waals surface area (Å²) in [5.41, 5.74) is 0.138. The molecule has 1 spiro atoms. The molecule has 0 aromatic heterocycles.